The standard InChI is InChI=1S/C24H24N4O5.C7H16N2/c1-16-20-11-19(31)8-6-17(20)12-28(16)14-24(2,27-23(32)25-15-30)10-4-5-21-22(33-3)9-7-18(13-29)26-21;1-8-4-3-5-9(2)7-6-8/h6-9,11,13,15,31H,1,5,12,14H2,2-3H3,(H2,25,27,30,32);3-7H2,1-2H3/t24-;/m1./s1. The van der Waals surface area contributed by atoms with Crippen molar-refractivity contribution in [2.45, 2.75) is 31.8 Å². The number of hydrogen-bond acceptors (Lipinski definition) is 9. The number of nitrogens with one attached hydrogen (secondary N) is 2. The fourth-order valence-corrected chi connectivity index (χ4v) is 4.81. The third-order valence-electron chi connectivity index (χ3n) is 7.09. The Kier molecular flexibility index (Phi) is 11.5. The third-order valence-corrected chi connectivity index (χ3v) is 7.09. The summed E-state index contributed by atoms with van der Waals surface area (Å²) in [7, 11) is 5.89. The normalized spacial score (nSPS) is 16.4. The van der Waals surface area contributed by atoms with Crippen LogP contribution >= 0.6 is 0 Å². The summed E-state index contributed by atoms with van der Waals surface area (Å²) >= 11 is 0. The van der Waals surface area contributed by atoms with Crippen LogP contribution in [-0.2, 0) is 17.8 Å². The minimum Gasteiger partial charge on any atom is -0.508 e. The van der Waals surface area contributed by atoms with Crippen molar-refractivity contribution in [2.24, 2.45) is 0 Å². The van der Waals surface area contributed by atoms with Gasteiger partial charge in [-0.05, 0) is 70.4 Å². The number of phenols is 1. The lowest BCUT2D eigenvalue weighted by Gasteiger charge is -2.31. The SMILES string of the molecule is C=C1c2cc(O)ccc2CN1C[C@@](C)(C#CCc1nc(C=O)ccc1OC)NC(=O)NC=O.CN1CCCN(C)CC1. The van der Waals surface area contributed by atoms with E-state index in [1.54, 1.807) is 31.2 Å². The molecule has 3 amide bonds. The number of aromatic hydroxyl groups is 1. The zero-order chi connectivity index (χ0) is 30.7. The first-order valence-corrected chi connectivity index (χ1v) is 13.7. The monoisotopic (exact) mass is 576 g/mol. The summed E-state index contributed by atoms with van der Waals surface area (Å²) in [5, 5.41) is 14.6. The zero-order valence-electron chi connectivity index (χ0n) is 24.8. The van der Waals surface area contributed by atoms with E-state index in [1.165, 1.54) is 39.7 Å². The van der Waals surface area contributed by atoms with Crippen LogP contribution in [0.3, 0.4) is 0 Å². The quantitative estimate of drug-likeness (QED) is 0.336. The topological polar surface area (TPSA) is 127 Å². The van der Waals surface area contributed by atoms with Crippen molar-refractivity contribution >= 4 is 24.4 Å². The van der Waals surface area contributed by atoms with Crippen LogP contribution in [0.25, 0.3) is 5.70 Å². The predicted molar refractivity (Wildman–Crippen MR) is 161 cm³/mol. The van der Waals surface area contributed by atoms with Crippen molar-refractivity contribution in [1.82, 2.24) is 30.3 Å². The number of methoxy groups -OCH3 is 1. The number of carbonyl (C=O) groups is 3. The zero-order valence-corrected chi connectivity index (χ0v) is 24.8. The number of pyridine rings is 1. The number of benzene rings is 1. The summed E-state index contributed by atoms with van der Waals surface area (Å²) < 4.78 is 5.29. The highest BCUT2D eigenvalue weighted by Gasteiger charge is 2.32. The molecule has 4 rings (SSSR count). The summed E-state index contributed by atoms with van der Waals surface area (Å²) in [6, 6.07) is 7.57. The minimum absolute atomic E-state index is 0.141. The average Bonchev–Trinajstić information content (AvgIpc) is 3.11. The van der Waals surface area contributed by atoms with Gasteiger partial charge in [0.05, 0.1) is 25.8 Å². The summed E-state index contributed by atoms with van der Waals surface area (Å²) in [5.74, 6) is 6.69. The molecule has 1 saturated heterocycles. The molecule has 2 aromatic rings. The van der Waals surface area contributed by atoms with Gasteiger partial charge in [-0.3, -0.25) is 14.9 Å². The first kappa shape index (κ1) is 32.1. The molecule has 3 N–H and O–H groups in total. The highest BCUT2D eigenvalue weighted by atomic mass is 16.5. The summed E-state index contributed by atoms with van der Waals surface area (Å²) in [5.41, 5.74) is 2.17. The molecule has 1 aromatic heterocycles. The molecule has 0 radical (unpaired) electrons. The van der Waals surface area contributed by atoms with Gasteiger partial charge < -0.3 is 29.9 Å². The summed E-state index contributed by atoms with van der Waals surface area (Å²) in [4.78, 5) is 44.8. The van der Waals surface area contributed by atoms with Crippen LogP contribution in [0.1, 0.15) is 40.7 Å². The second-order valence-corrected chi connectivity index (χ2v) is 10.6. The number of fused-ring (bicyclic) bond motifs is 1. The van der Waals surface area contributed by atoms with E-state index in [0.717, 1.165) is 11.1 Å². The number of aromatic nitrogens is 1. The number of hydrogen-bond donors (Lipinski definition) is 3. The van der Waals surface area contributed by atoms with Crippen molar-refractivity contribution in [3.8, 4) is 23.3 Å². The Morgan fingerprint density at radius 1 is 1.17 bits per heavy atom. The Morgan fingerprint density at radius 2 is 1.88 bits per heavy atom. The molecule has 2 aliphatic rings. The lowest BCUT2D eigenvalue weighted by Crippen LogP contribution is -2.54. The molecule has 2 aliphatic heterocycles. The van der Waals surface area contributed by atoms with Crippen LogP contribution in [0.15, 0.2) is 36.9 Å². The van der Waals surface area contributed by atoms with Gasteiger partial charge in [-0.1, -0.05) is 24.5 Å². The minimum atomic E-state index is -1.07. The maximum Gasteiger partial charge on any atom is 0.322 e. The van der Waals surface area contributed by atoms with E-state index in [4.69, 9.17) is 4.74 Å². The molecule has 1 atom stereocenters. The number of rotatable bonds is 7. The molecular formula is C31H40N6O5. The van der Waals surface area contributed by atoms with E-state index in [-0.39, 0.29) is 30.8 Å². The number of nitrogens with zero attached hydrogens (tertiary/aromatic N) is 4. The molecule has 1 aromatic carbocycles. The van der Waals surface area contributed by atoms with Crippen LogP contribution < -0.4 is 15.4 Å². The Morgan fingerprint density at radius 3 is 2.52 bits per heavy atom. The van der Waals surface area contributed by atoms with Crippen LogP contribution in [0, 0.1) is 11.8 Å². The number of imide groups is 1. The Hall–Kier alpha value is -4.40. The maximum atomic E-state index is 12.1. The molecule has 1 fully saturated rings. The lowest BCUT2D eigenvalue weighted by atomic mass is 10.0. The molecular weight excluding hydrogens is 536 g/mol. The number of aldehydes is 1. The van der Waals surface area contributed by atoms with Crippen molar-refractivity contribution in [2.75, 3.05) is 53.9 Å². The van der Waals surface area contributed by atoms with Crippen molar-refractivity contribution in [3.05, 3.63) is 59.4 Å². The van der Waals surface area contributed by atoms with Gasteiger partial charge in [0.2, 0.25) is 6.41 Å². The van der Waals surface area contributed by atoms with E-state index < -0.39 is 11.6 Å². The van der Waals surface area contributed by atoms with E-state index in [1.807, 2.05) is 11.0 Å². The molecule has 0 bridgehead atoms. The second-order valence-electron chi connectivity index (χ2n) is 10.6. The molecule has 42 heavy (non-hydrogen) atoms. The number of ether oxygens (including phenoxy) is 1. The lowest BCUT2D eigenvalue weighted by molar-refractivity contribution is -0.108. The highest BCUT2D eigenvalue weighted by Crippen LogP contribution is 2.34. The van der Waals surface area contributed by atoms with Gasteiger partial charge in [0.25, 0.3) is 0 Å². The summed E-state index contributed by atoms with van der Waals surface area (Å²) in [6.07, 6.45) is 2.43. The first-order chi connectivity index (χ1) is 20.1. The number of urea groups is 1. The molecule has 0 aliphatic carbocycles. The molecule has 224 valence electrons. The van der Waals surface area contributed by atoms with Gasteiger partial charge >= 0.3 is 6.03 Å². The van der Waals surface area contributed by atoms with Crippen LogP contribution in [-0.4, -0.2) is 103 Å². The van der Waals surface area contributed by atoms with Crippen molar-refractivity contribution < 1.29 is 24.2 Å². The van der Waals surface area contributed by atoms with E-state index in [0.29, 0.717) is 30.0 Å². The van der Waals surface area contributed by atoms with Crippen LogP contribution in [0.5, 0.6) is 11.5 Å². The number of likely N-dealkylation sites (N-methyl/N-ethyl adjacent to an activating group) is 2. The number of carbonyl (C=O) groups excluding carboxylic acids is 3. The Labute approximate surface area is 247 Å². The average molecular weight is 577 g/mol. The second kappa shape index (κ2) is 15.0. The van der Waals surface area contributed by atoms with Gasteiger partial charge in [-0.15, -0.1) is 0 Å². The Balaban J connectivity index is 0.000000458. The molecule has 11 nitrogen and oxygen atoms in total. The van der Waals surface area contributed by atoms with E-state index >= 15 is 0 Å². The van der Waals surface area contributed by atoms with Crippen LogP contribution in [0.4, 0.5) is 4.79 Å². The van der Waals surface area contributed by atoms with E-state index in [9.17, 15) is 19.5 Å². The molecule has 11 heteroatoms. The number of phenolic OH excluding ortho intramolecular Hbond substituents is 1. The maximum absolute atomic E-state index is 12.1. The molecule has 0 unspecified atom stereocenters. The van der Waals surface area contributed by atoms with Crippen molar-refractivity contribution in [3.63, 3.8) is 0 Å². The number of amides is 3. The molecule has 0 spiro atoms. The smallest absolute Gasteiger partial charge is 0.322 e. The highest BCUT2D eigenvalue weighted by molar-refractivity contribution is 5.85. The van der Waals surface area contributed by atoms with Gasteiger partial charge in [-0.2, -0.15) is 0 Å². The predicted octanol–water partition coefficient (Wildman–Crippen LogP) is 2.11. The van der Waals surface area contributed by atoms with Gasteiger partial charge in [0.1, 0.15) is 22.7 Å². The largest absolute Gasteiger partial charge is 0.508 e. The Bertz CT molecular complexity index is 1340. The van der Waals surface area contributed by atoms with Gasteiger partial charge in [-0.25, -0.2) is 9.78 Å². The van der Waals surface area contributed by atoms with E-state index in [2.05, 4.69) is 57.9 Å². The third kappa shape index (κ3) is 9.06. The van der Waals surface area contributed by atoms with Crippen molar-refractivity contribution in [1.29, 1.82) is 0 Å². The first-order valence-electron chi connectivity index (χ1n) is 13.7. The fourth-order valence-electron chi connectivity index (χ4n) is 4.81. The van der Waals surface area contributed by atoms with Gasteiger partial charge in [0, 0.05) is 30.9 Å². The van der Waals surface area contributed by atoms with Crippen LogP contribution in [0.2, 0.25) is 0 Å². The van der Waals surface area contributed by atoms with Gasteiger partial charge in [0.15, 0.2) is 6.29 Å². The fraction of sp³-hybridized carbons (Fsp3) is 0.419. The summed E-state index contributed by atoms with van der Waals surface area (Å²) in [6.45, 7) is 11.6. The molecule has 0 saturated carbocycles. The molecule has 3 heterocycles.